The molecule has 0 amide bonds. The van der Waals surface area contributed by atoms with E-state index in [2.05, 4.69) is 4.98 Å². The van der Waals surface area contributed by atoms with Crippen molar-refractivity contribution in [3.05, 3.63) is 76.8 Å². The number of fused-ring (bicyclic) bond motifs is 1. The standard InChI is InChI=1S/C25H21NO8/c1-32-18-9-14(10-19(33-2)24(18)31)16(11-21(28)29)22-17(27)6-5-15-23(30)20(34-25(15)22)8-13-4-3-7-26-12-13/h3-10,12,16,27,31H,11H2,1-2H3,(H,28,29)/b20-8+. The maximum absolute atomic E-state index is 13.0. The number of carboxylic acid groups (broad SMARTS) is 1. The number of aromatic nitrogens is 1. The zero-order chi connectivity index (χ0) is 24.4. The summed E-state index contributed by atoms with van der Waals surface area (Å²) in [6, 6.07) is 9.12. The molecule has 0 spiro atoms. The van der Waals surface area contributed by atoms with E-state index in [1.165, 1.54) is 44.6 Å². The van der Waals surface area contributed by atoms with Crippen molar-refractivity contribution in [1.82, 2.24) is 4.98 Å². The number of Topliss-reactive ketones (excluding diaryl/α,β-unsaturated/α-hetero) is 1. The first kappa shape index (κ1) is 22.7. The number of benzene rings is 2. The average Bonchev–Trinajstić information content (AvgIpc) is 3.13. The largest absolute Gasteiger partial charge is 0.508 e. The zero-order valence-electron chi connectivity index (χ0n) is 18.3. The first-order valence-electron chi connectivity index (χ1n) is 10.2. The number of carbonyl (C=O) groups excluding carboxylic acids is 1. The fraction of sp³-hybridized carbons (Fsp3) is 0.160. The number of hydrogen-bond donors (Lipinski definition) is 3. The molecule has 1 unspecified atom stereocenters. The molecule has 9 heteroatoms. The van der Waals surface area contributed by atoms with Crippen molar-refractivity contribution in [1.29, 1.82) is 0 Å². The van der Waals surface area contributed by atoms with Crippen LogP contribution in [0.5, 0.6) is 28.7 Å². The second-order valence-corrected chi connectivity index (χ2v) is 7.53. The molecule has 0 fully saturated rings. The summed E-state index contributed by atoms with van der Waals surface area (Å²) >= 11 is 0. The molecule has 1 aromatic heterocycles. The Morgan fingerprint density at radius 2 is 1.85 bits per heavy atom. The van der Waals surface area contributed by atoms with Crippen LogP contribution in [0, 0.1) is 0 Å². The maximum Gasteiger partial charge on any atom is 0.304 e. The summed E-state index contributed by atoms with van der Waals surface area (Å²) in [7, 11) is 2.69. The number of methoxy groups -OCH3 is 2. The summed E-state index contributed by atoms with van der Waals surface area (Å²) < 4.78 is 16.3. The molecule has 1 aliphatic heterocycles. The number of phenols is 2. The van der Waals surface area contributed by atoms with Crippen molar-refractivity contribution in [2.45, 2.75) is 12.3 Å². The van der Waals surface area contributed by atoms with E-state index in [4.69, 9.17) is 14.2 Å². The number of carbonyl (C=O) groups is 2. The molecule has 3 aromatic rings. The predicted octanol–water partition coefficient (Wildman–Crippen LogP) is 3.73. The number of aliphatic carboxylic acids is 1. The lowest BCUT2D eigenvalue weighted by atomic mass is 9.85. The number of rotatable bonds is 7. The number of phenolic OH excluding ortho intramolecular Hbond substituents is 2. The minimum Gasteiger partial charge on any atom is -0.508 e. The Balaban J connectivity index is 1.88. The van der Waals surface area contributed by atoms with Crippen LogP contribution in [-0.2, 0) is 4.79 Å². The number of hydrogen-bond acceptors (Lipinski definition) is 8. The van der Waals surface area contributed by atoms with Gasteiger partial charge in [-0.05, 0) is 47.5 Å². The second kappa shape index (κ2) is 9.14. The molecule has 1 atom stereocenters. The molecule has 34 heavy (non-hydrogen) atoms. The summed E-state index contributed by atoms with van der Waals surface area (Å²) in [6.45, 7) is 0. The van der Waals surface area contributed by atoms with E-state index < -0.39 is 24.1 Å². The van der Waals surface area contributed by atoms with Crippen molar-refractivity contribution >= 4 is 17.8 Å². The predicted molar refractivity (Wildman–Crippen MR) is 121 cm³/mol. The topological polar surface area (TPSA) is 135 Å². The van der Waals surface area contributed by atoms with Gasteiger partial charge in [0.15, 0.2) is 17.3 Å². The molecule has 0 saturated carbocycles. The van der Waals surface area contributed by atoms with Crippen LogP contribution in [0.15, 0.2) is 54.6 Å². The molecular weight excluding hydrogens is 442 g/mol. The van der Waals surface area contributed by atoms with Crippen LogP contribution in [0.4, 0.5) is 0 Å². The van der Waals surface area contributed by atoms with Crippen molar-refractivity contribution in [3.63, 3.8) is 0 Å². The molecule has 2 aromatic carbocycles. The molecule has 3 N–H and O–H groups in total. The number of nitrogens with zero attached hydrogens (tertiary/aromatic N) is 1. The molecule has 0 radical (unpaired) electrons. The lowest BCUT2D eigenvalue weighted by Gasteiger charge is -2.21. The van der Waals surface area contributed by atoms with Crippen molar-refractivity contribution in [2.75, 3.05) is 14.2 Å². The van der Waals surface area contributed by atoms with Gasteiger partial charge in [0, 0.05) is 23.9 Å². The van der Waals surface area contributed by atoms with Crippen LogP contribution in [0.2, 0.25) is 0 Å². The molecule has 0 bridgehead atoms. The zero-order valence-corrected chi connectivity index (χ0v) is 18.3. The summed E-state index contributed by atoms with van der Waals surface area (Å²) in [5.41, 5.74) is 1.33. The van der Waals surface area contributed by atoms with Gasteiger partial charge in [-0.15, -0.1) is 0 Å². The quantitative estimate of drug-likeness (QED) is 0.448. The third kappa shape index (κ3) is 4.11. The van der Waals surface area contributed by atoms with Crippen LogP contribution in [0.1, 0.15) is 39.4 Å². The number of allylic oxidation sites excluding steroid dienone is 1. The summed E-state index contributed by atoms with van der Waals surface area (Å²) in [4.78, 5) is 28.8. The summed E-state index contributed by atoms with van der Waals surface area (Å²) in [6.07, 6.45) is 4.24. The molecule has 174 valence electrons. The highest BCUT2D eigenvalue weighted by molar-refractivity contribution is 6.15. The van der Waals surface area contributed by atoms with Gasteiger partial charge in [0.05, 0.1) is 26.2 Å². The normalized spacial score (nSPS) is 14.4. The maximum atomic E-state index is 13.0. The van der Waals surface area contributed by atoms with Gasteiger partial charge in [-0.3, -0.25) is 14.6 Å². The van der Waals surface area contributed by atoms with Gasteiger partial charge >= 0.3 is 5.97 Å². The molecule has 1 aliphatic rings. The van der Waals surface area contributed by atoms with Crippen LogP contribution in [0.3, 0.4) is 0 Å². The SMILES string of the molecule is COc1cc(C(CC(=O)O)c2c(O)ccc3c2O/C(=C/c2cccnc2)C3=O)cc(OC)c1O. The van der Waals surface area contributed by atoms with Gasteiger partial charge in [0.25, 0.3) is 0 Å². The van der Waals surface area contributed by atoms with E-state index >= 15 is 0 Å². The summed E-state index contributed by atoms with van der Waals surface area (Å²) in [5, 5.41) is 30.7. The number of aromatic hydroxyl groups is 2. The van der Waals surface area contributed by atoms with Gasteiger partial charge in [-0.25, -0.2) is 0 Å². The third-order valence-electron chi connectivity index (χ3n) is 5.47. The highest BCUT2D eigenvalue weighted by Gasteiger charge is 2.35. The number of ether oxygens (including phenoxy) is 3. The molecule has 0 saturated heterocycles. The van der Waals surface area contributed by atoms with Gasteiger partial charge in [-0.1, -0.05) is 6.07 Å². The van der Waals surface area contributed by atoms with Gasteiger partial charge in [0.1, 0.15) is 11.5 Å². The lowest BCUT2D eigenvalue weighted by molar-refractivity contribution is -0.137. The fourth-order valence-electron chi connectivity index (χ4n) is 3.89. The van der Waals surface area contributed by atoms with Crippen LogP contribution in [-0.4, -0.2) is 46.3 Å². The first-order chi connectivity index (χ1) is 16.3. The van der Waals surface area contributed by atoms with E-state index in [0.29, 0.717) is 11.1 Å². The van der Waals surface area contributed by atoms with E-state index in [9.17, 15) is 24.9 Å². The van der Waals surface area contributed by atoms with E-state index in [-0.39, 0.29) is 45.6 Å². The van der Waals surface area contributed by atoms with Crippen molar-refractivity contribution < 1.29 is 39.1 Å². The molecule has 2 heterocycles. The number of carboxylic acids is 1. The highest BCUT2D eigenvalue weighted by Crippen LogP contribution is 2.48. The van der Waals surface area contributed by atoms with Gasteiger partial charge in [-0.2, -0.15) is 0 Å². The first-order valence-corrected chi connectivity index (χ1v) is 10.2. The average molecular weight is 463 g/mol. The Bertz CT molecular complexity index is 1270. The minimum absolute atomic E-state index is 0.0183. The van der Waals surface area contributed by atoms with Crippen LogP contribution < -0.4 is 14.2 Å². The molecular formula is C25H21NO8. The Morgan fingerprint density at radius 1 is 1.15 bits per heavy atom. The third-order valence-corrected chi connectivity index (χ3v) is 5.47. The van der Waals surface area contributed by atoms with Crippen LogP contribution >= 0.6 is 0 Å². The number of pyridine rings is 1. The molecule has 9 nitrogen and oxygen atoms in total. The van der Waals surface area contributed by atoms with E-state index in [0.717, 1.165) is 0 Å². The monoisotopic (exact) mass is 463 g/mol. The van der Waals surface area contributed by atoms with Gasteiger partial charge in [0.2, 0.25) is 11.5 Å². The molecule has 4 rings (SSSR count). The fourth-order valence-corrected chi connectivity index (χ4v) is 3.89. The highest BCUT2D eigenvalue weighted by atomic mass is 16.5. The van der Waals surface area contributed by atoms with E-state index in [1.807, 2.05) is 0 Å². The Morgan fingerprint density at radius 3 is 2.44 bits per heavy atom. The summed E-state index contributed by atoms with van der Waals surface area (Å²) in [5.74, 6) is -2.80. The van der Waals surface area contributed by atoms with Crippen molar-refractivity contribution in [3.8, 4) is 28.7 Å². The smallest absolute Gasteiger partial charge is 0.304 e. The Labute approximate surface area is 194 Å². The van der Waals surface area contributed by atoms with E-state index in [1.54, 1.807) is 24.5 Å². The van der Waals surface area contributed by atoms with Crippen LogP contribution in [0.25, 0.3) is 6.08 Å². The Kier molecular flexibility index (Phi) is 6.09. The van der Waals surface area contributed by atoms with Gasteiger partial charge < -0.3 is 29.5 Å². The Hall–Kier alpha value is -4.53. The molecule has 0 aliphatic carbocycles. The minimum atomic E-state index is -1.15. The second-order valence-electron chi connectivity index (χ2n) is 7.53. The number of ketones is 1. The van der Waals surface area contributed by atoms with Crippen molar-refractivity contribution in [2.24, 2.45) is 0 Å². The lowest BCUT2D eigenvalue weighted by Crippen LogP contribution is -2.10.